The highest BCUT2D eigenvalue weighted by Gasteiger charge is 2.04. The summed E-state index contributed by atoms with van der Waals surface area (Å²) >= 11 is 0. The van der Waals surface area contributed by atoms with Gasteiger partial charge in [0.25, 0.3) is 5.56 Å². The van der Waals surface area contributed by atoms with Crippen molar-refractivity contribution in [3.63, 3.8) is 0 Å². The van der Waals surface area contributed by atoms with E-state index in [1.54, 1.807) is 31.3 Å². The molecule has 0 atom stereocenters. The third-order valence-corrected chi connectivity index (χ3v) is 2.12. The maximum Gasteiger partial charge on any atom is 0.254 e. The zero-order chi connectivity index (χ0) is 9.42. The summed E-state index contributed by atoms with van der Waals surface area (Å²) in [4.78, 5) is 11.2. The molecule has 2 aromatic rings. The summed E-state index contributed by atoms with van der Waals surface area (Å²) in [5.74, 6) is -0.210. The number of pyridine rings is 1. The van der Waals surface area contributed by atoms with Crippen molar-refractivity contribution in [2.24, 2.45) is 7.05 Å². The Kier molecular flexibility index (Phi) is 1.59. The quantitative estimate of drug-likeness (QED) is 0.599. The number of rotatable bonds is 0. The molecule has 0 N–H and O–H groups in total. The van der Waals surface area contributed by atoms with Crippen molar-refractivity contribution in [2.75, 3.05) is 0 Å². The number of benzene rings is 1. The van der Waals surface area contributed by atoms with Gasteiger partial charge < -0.3 is 4.57 Å². The lowest BCUT2D eigenvalue weighted by atomic mass is 10.2. The second-order valence-corrected chi connectivity index (χ2v) is 2.92. The predicted molar refractivity (Wildman–Crippen MR) is 49.3 cm³/mol. The van der Waals surface area contributed by atoms with Gasteiger partial charge in [-0.1, -0.05) is 12.1 Å². The Morgan fingerprint density at radius 1 is 1.23 bits per heavy atom. The van der Waals surface area contributed by atoms with E-state index in [1.807, 2.05) is 0 Å². The summed E-state index contributed by atoms with van der Waals surface area (Å²) in [7, 11) is 1.66. The van der Waals surface area contributed by atoms with Crippen LogP contribution < -0.4 is 5.56 Å². The van der Waals surface area contributed by atoms with Crippen LogP contribution in [0.1, 0.15) is 0 Å². The van der Waals surface area contributed by atoms with Crippen molar-refractivity contribution in [1.82, 2.24) is 4.57 Å². The molecule has 1 aromatic heterocycles. The molecule has 0 unspecified atom stereocenters. The van der Waals surface area contributed by atoms with Crippen molar-refractivity contribution >= 4 is 10.9 Å². The largest absolute Gasteiger partial charge is 0.311 e. The maximum atomic E-state index is 11.3. The molecule has 0 bridgehead atoms. The molecule has 0 saturated heterocycles. The first-order valence-corrected chi connectivity index (χ1v) is 3.96. The molecular weight excluding hydrogens is 166 g/mol. The number of aryl methyl sites for hydroxylation is 1. The minimum atomic E-state index is -0.260. The van der Waals surface area contributed by atoms with E-state index in [0.29, 0.717) is 10.9 Å². The van der Waals surface area contributed by atoms with Gasteiger partial charge in [0, 0.05) is 12.4 Å². The van der Waals surface area contributed by atoms with Gasteiger partial charge in [0.2, 0.25) is 0 Å². The molecule has 3 heteroatoms. The second kappa shape index (κ2) is 2.62. The van der Waals surface area contributed by atoms with E-state index < -0.39 is 0 Å². The van der Waals surface area contributed by atoms with Crippen molar-refractivity contribution in [1.29, 1.82) is 0 Å². The fourth-order valence-electron chi connectivity index (χ4n) is 1.38. The van der Waals surface area contributed by atoms with E-state index in [-0.39, 0.29) is 11.3 Å². The molecular formula is C10H8NO2. The lowest BCUT2D eigenvalue weighted by molar-refractivity contribution is 0.359. The van der Waals surface area contributed by atoms with Crippen LogP contribution in [0.5, 0.6) is 5.75 Å². The molecule has 0 aliphatic carbocycles. The Hall–Kier alpha value is -1.77. The molecule has 0 aliphatic heterocycles. The van der Waals surface area contributed by atoms with Gasteiger partial charge in [-0.25, -0.2) is 0 Å². The van der Waals surface area contributed by atoms with Gasteiger partial charge in [0.05, 0.1) is 11.6 Å². The number of para-hydroxylation sites is 1. The zero-order valence-corrected chi connectivity index (χ0v) is 7.15. The monoisotopic (exact) mass is 174 g/mol. The Balaban J connectivity index is 3.06. The smallest absolute Gasteiger partial charge is 0.254 e. The van der Waals surface area contributed by atoms with E-state index >= 15 is 0 Å². The highest BCUT2D eigenvalue weighted by molar-refractivity contribution is 5.84. The summed E-state index contributed by atoms with van der Waals surface area (Å²) in [5, 5.41) is 11.9. The molecule has 0 amide bonds. The normalized spacial score (nSPS) is 10.5. The van der Waals surface area contributed by atoms with E-state index in [0.717, 1.165) is 6.07 Å². The third-order valence-electron chi connectivity index (χ3n) is 2.12. The van der Waals surface area contributed by atoms with Gasteiger partial charge in [0.1, 0.15) is 0 Å². The topological polar surface area (TPSA) is 41.9 Å². The summed E-state index contributed by atoms with van der Waals surface area (Å²) in [6, 6.07) is 8.19. The summed E-state index contributed by atoms with van der Waals surface area (Å²) < 4.78 is 1.47. The molecule has 2 rings (SSSR count). The van der Waals surface area contributed by atoms with Crippen LogP contribution in [-0.2, 0) is 12.2 Å². The first-order chi connectivity index (χ1) is 6.20. The summed E-state index contributed by atoms with van der Waals surface area (Å²) in [6.45, 7) is 0. The average Bonchev–Trinajstić information content (AvgIpc) is 2.15. The third kappa shape index (κ3) is 1.09. The molecule has 0 fully saturated rings. The molecule has 65 valence electrons. The first kappa shape index (κ1) is 7.86. The minimum absolute atomic E-state index is 0.210. The van der Waals surface area contributed by atoms with Gasteiger partial charge >= 0.3 is 0 Å². The average molecular weight is 174 g/mol. The number of hydrogen-bond donors (Lipinski definition) is 0. The second-order valence-electron chi connectivity index (χ2n) is 2.92. The lowest BCUT2D eigenvalue weighted by Crippen LogP contribution is -2.14. The van der Waals surface area contributed by atoms with Crippen molar-refractivity contribution in [3.05, 3.63) is 40.7 Å². The molecule has 1 heterocycles. The van der Waals surface area contributed by atoms with E-state index in [4.69, 9.17) is 0 Å². The zero-order valence-electron chi connectivity index (χ0n) is 7.15. The number of hydrogen-bond acceptors (Lipinski definition) is 1. The van der Waals surface area contributed by atoms with E-state index in [1.165, 1.54) is 4.57 Å². The minimum Gasteiger partial charge on any atom is -0.311 e. The molecule has 0 aliphatic rings. The number of nitrogens with zero attached hydrogens (tertiary/aromatic N) is 1. The Labute approximate surface area is 74.9 Å². The number of fused-ring (bicyclic) bond motifs is 1. The Morgan fingerprint density at radius 3 is 2.69 bits per heavy atom. The van der Waals surface area contributed by atoms with Gasteiger partial charge in [-0.15, -0.1) is 0 Å². The van der Waals surface area contributed by atoms with Crippen LogP contribution in [0.2, 0.25) is 0 Å². The molecule has 3 nitrogen and oxygen atoms in total. The van der Waals surface area contributed by atoms with Gasteiger partial charge in [-0.2, -0.15) is 0 Å². The van der Waals surface area contributed by atoms with Crippen molar-refractivity contribution in [2.45, 2.75) is 0 Å². The fraction of sp³-hybridized carbons (Fsp3) is 0.100. The van der Waals surface area contributed by atoms with Gasteiger partial charge in [0.15, 0.2) is 5.75 Å². The van der Waals surface area contributed by atoms with Crippen LogP contribution in [0.15, 0.2) is 35.1 Å². The Morgan fingerprint density at radius 2 is 1.92 bits per heavy atom. The number of aromatic nitrogens is 1. The molecule has 1 radical (unpaired) electrons. The predicted octanol–water partition coefficient (Wildman–Crippen LogP) is 1.68. The Bertz CT molecular complexity index is 514. The highest BCUT2D eigenvalue weighted by Crippen LogP contribution is 2.21. The van der Waals surface area contributed by atoms with Crippen LogP contribution in [0.4, 0.5) is 0 Å². The highest BCUT2D eigenvalue weighted by atomic mass is 16.3. The maximum absolute atomic E-state index is 11.3. The van der Waals surface area contributed by atoms with Gasteiger partial charge in [-0.05, 0) is 12.1 Å². The van der Waals surface area contributed by atoms with Crippen molar-refractivity contribution < 1.29 is 5.11 Å². The molecule has 13 heavy (non-hydrogen) atoms. The lowest BCUT2D eigenvalue weighted by Gasteiger charge is -2.03. The first-order valence-electron chi connectivity index (χ1n) is 3.96. The molecule has 1 aromatic carbocycles. The fourth-order valence-corrected chi connectivity index (χ4v) is 1.38. The summed E-state index contributed by atoms with van der Waals surface area (Å²) in [5.41, 5.74) is 0.420. The SMILES string of the molecule is Cn1c(=O)cc([O])c2ccccc21. The summed E-state index contributed by atoms with van der Waals surface area (Å²) in [6.07, 6.45) is 0. The van der Waals surface area contributed by atoms with Crippen LogP contribution in [0, 0.1) is 0 Å². The molecule has 0 spiro atoms. The van der Waals surface area contributed by atoms with Crippen LogP contribution in [0.25, 0.3) is 10.9 Å². The van der Waals surface area contributed by atoms with Crippen LogP contribution >= 0.6 is 0 Å². The standard InChI is InChI=1S/C10H8NO2/c1-11-8-5-3-2-4-7(8)9(12)6-10(11)13/h2-6H,1H3. The molecule has 0 saturated carbocycles. The van der Waals surface area contributed by atoms with Crippen LogP contribution in [0.3, 0.4) is 0 Å². The van der Waals surface area contributed by atoms with E-state index in [2.05, 4.69) is 0 Å². The van der Waals surface area contributed by atoms with E-state index in [9.17, 15) is 9.90 Å². The van der Waals surface area contributed by atoms with Crippen molar-refractivity contribution in [3.8, 4) is 5.75 Å². The van der Waals surface area contributed by atoms with Crippen LogP contribution in [-0.4, -0.2) is 4.57 Å². The van der Waals surface area contributed by atoms with Gasteiger partial charge in [-0.3, -0.25) is 9.90 Å².